The van der Waals surface area contributed by atoms with Crippen LogP contribution in [0.2, 0.25) is 0 Å². The normalized spacial score (nSPS) is 13.9. The molecule has 8 heteroatoms. The summed E-state index contributed by atoms with van der Waals surface area (Å²) in [4.78, 5) is 25.7. The fraction of sp³-hybridized carbons (Fsp3) is 0.217. The van der Waals surface area contributed by atoms with Gasteiger partial charge in [-0.05, 0) is 41.8 Å². The number of benzene rings is 1. The van der Waals surface area contributed by atoms with Crippen molar-refractivity contribution in [2.24, 2.45) is 10.7 Å². The molecule has 3 heterocycles. The SMILES string of the molecule is NC(=O)C(c1cccnc1)c1ccc(C2=NCCN2)nc1NCCc1cccc(F)c1. The molecule has 1 amide bonds. The van der Waals surface area contributed by atoms with Crippen LogP contribution in [0, 0.1) is 5.82 Å². The smallest absolute Gasteiger partial charge is 0.229 e. The molecule has 0 spiro atoms. The number of anilines is 1. The number of amides is 1. The van der Waals surface area contributed by atoms with E-state index in [-0.39, 0.29) is 5.82 Å². The second-order valence-electron chi connectivity index (χ2n) is 7.22. The number of nitrogens with two attached hydrogens (primary N) is 1. The number of aromatic nitrogens is 2. The molecule has 1 aliphatic rings. The van der Waals surface area contributed by atoms with Gasteiger partial charge < -0.3 is 16.4 Å². The molecule has 0 radical (unpaired) electrons. The molecule has 0 saturated heterocycles. The zero-order valence-electron chi connectivity index (χ0n) is 16.9. The third-order valence-electron chi connectivity index (χ3n) is 5.05. The van der Waals surface area contributed by atoms with Crippen LogP contribution in [0.5, 0.6) is 0 Å². The van der Waals surface area contributed by atoms with Crippen molar-refractivity contribution < 1.29 is 9.18 Å². The number of nitrogens with zero attached hydrogens (tertiary/aromatic N) is 3. The maximum absolute atomic E-state index is 13.5. The van der Waals surface area contributed by atoms with Gasteiger partial charge in [-0.2, -0.15) is 0 Å². The molecule has 1 unspecified atom stereocenters. The van der Waals surface area contributed by atoms with E-state index in [2.05, 4.69) is 20.6 Å². The average molecular weight is 418 g/mol. The van der Waals surface area contributed by atoms with E-state index in [0.717, 1.165) is 17.9 Å². The largest absolute Gasteiger partial charge is 0.369 e. The number of carbonyl (C=O) groups is 1. The summed E-state index contributed by atoms with van der Waals surface area (Å²) in [7, 11) is 0. The molecule has 4 N–H and O–H groups in total. The number of hydrogen-bond donors (Lipinski definition) is 3. The van der Waals surface area contributed by atoms with Crippen molar-refractivity contribution in [3.63, 3.8) is 0 Å². The highest BCUT2D eigenvalue weighted by Gasteiger charge is 2.25. The quantitative estimate of drug-likeness (QED) is 0.520. The monoisotopic (exact) mass is 418 g/mol. The Bertz CT molecular complexity index is 1100. The van der Waals surface area contributed by atoms with Gasteiger partial charge in [-0.25, -0.2) is 9.37 Å². The van der Waals surface area contributed by atoms with Gasteiger partial charge in [0.2, 0.25) is 5.91 Å². The molecular formula is C23H23FN6O. The molecule has 0 bridgehead atoms. The first-order chi connectivity index (χ1) is 15.1. The van der Waals surface area contributed by atoms with E-state index in [1.165, 1.54) is 12.1 Å². The number of pyridine rings is 2. The minimum Gasteiger partial charge on any atom is -0.369 e. The molecule has 4 rings (SSSR count). The molecular weight excluding hydrogens is 395 g/mol. The van der Waals surface area contributed by atoms with Gasteiger partial charge in [-0.3, -0.25) is 14.8 Å². The summed E-state index contributed by atoms with van der Waals surface area (Å²) in [6.07, 6.45) is 3.86. The molecule has 158 valence electrons. The van der Waals surface area contributed by atoms with E-state index < -0.39 is 11.8 Å². The van der Waals surface area contributed by atoms with Crippen LogP contribution in [0.25, 0.3) is 0 Å². The van der Waals surface area contributed by atoms with Crippen molar-refractivity contribution in [1.29, 1.82) is 0 Å². The zero-order chi connectivity index (χ0) is 21.6. The Labute approximate surface area is 179 Å². The van der Waals surface area contributed by atoms with Crippen LogP contribution in [-0.2, 0) is 11.2 Å². The predicted octanol–water partition coefficient (Wildman–Crippen LogP) is 2.24. The maximum Gasteiger partial charge on any atom is 0.229 e. The Morgan fingerprint density at radius 3 is 2.84 bits per heavy atom. The Balaban J connectivity index is 1.65. The van der Waals surface area contributed by atoms with Gasteiger partial charge in [0, 0.05) is 31.0 Å². The van der Waals surface area contributed by atoms with Gasteiger partial charge in [-0.1, -0.05) is 24.3 Å². The molecule has 3 aromatic rings. The number of rotatable bonds is 8. The van der Waals surface area contributed by atoms with Crippen molar-refractivity contribution in [1.82, 2.24) is 15.3 Å². The second-order valence-corrected chi connectivity index (χ2v) is 7.22. The summed E-state index contributed by atoms with van der Waals surface area (Å²) >= 11 is 0. The minimum atomic E-state index is -0.703. The fourth-order valence-corrected chi connectivity index (χ4v) is 3.61. The van der Waals surface area contributed by atoms with Gasteiger partial charge in [0.05, 0.1) is 12.5 Å². The fourth-order valence-electron chi connectivity index (χ4n) is 3.61. The highest BCUT2D eigenvalue weighted by atomic mass is 19.1. The van der Waals surface area contributed by atoms with Gasteiger partial charge in [-0.15, -0.1) is 0 Å². The summed E-state index contributed by atoms with van der Waals surface area (Å²) in [5.41, 5.74) is 8.66. The van der Waals surface area contributed by atoms with Crippen LogP contribution in [-0.4, -0.2) is 41.3 Å². The van der Waals surface area contributed by atoms with E-state index in [1.54, 1.807) is 24.5 Å². The third kappa shape index (κ3) is 4.85. The van der Waals surface area contributed by atoms with Gasteiger partial charge >= 0.3 is 0 Å². The predicted molar refractivity (Wildman–Crippen MR) is 118 cm³/mol. The molecule has 7 nitrogen and oxygen atoms in total. The Morgan fingerprint density at radius 1 is 1.23 bits per heavy atom. The Hall–Kier alpha value is -3.81. The van der Waals surface area contributed by atoms with Crippen molar-refractivity contribution >= 4 is 17.6 Å². The first kappa shape index (κ1) is 20.5. The van der Waals surface area contributed by atoms with E-state index in [9.17, 15) is 9.18 Å². The third-order valence-corrected chi connectivity index (χ3v) is 5.05. The first-order valence-corrected chi connectivity index (χ1v) is 10.1. The number of hydrogen-bond acceptors (Lipinski definition) is 6. The zero-order valence-corrected chi connectivity index (χ0v) is 16.9. The summed E-state index contributed by atoms with van der Waals surface area (Å²) in [6.45, 7) is 1.97. The Kier molecular flexibility index (Phi) is 6.16. The number of carbonyl (C=O) groups excluding carboxylic acids is 1. The van der Waals surface area contributed by atoms with E-state index in [0.29, 0.717) is 42.1 Å². The van der Waals surface area contributed by atoms with Crippen molar-refractivity contribution in [3.8, 4) is 0 Å². The van der Waals surface area contributed by atoms with Crippen LogP contribution in [0.1, 0.15) is 28.3 Å². The standard InChI is InChI=1S/C23H23FN6O/c24-17-5-1-3-15(13-17)8-10-27-22-18(6-7-19(30-22)23-28-11-12-29-23)20(21(25)31)16-4-2-9-26-14-16/h1-7,9,13-14,20H,8,10-12H2,(H2,25,31)(H,27,30)(H,28,29). The molecule has 1 atom stereocenters. The molecule has 1 aromatic carbocycles. The molecule has 31 heavy (non-hydrogen) atoms. The molecule has 1 aliphatic heterocycles. The number of aliphatic imine (C=N–C) groups is 1. The lowest BCUT2D eigenvalue weighted by Crippen LogP contribution is -2.26. The maximum atomic E-state index is 13.5. The van der Waals surface area contributed by atoms with E-state index in [4.69, 9.17) is 10.7 Å². The highest BCUT2D eigenvalue weighted by Crippen LogP contribution is 2.29. The number of halogens is 1. The minimum absolute atomic E-state index is 0.269. The molecule has 0 fully saturated rings. The van der Waals surface area contributed by atoms with Crippen LogP contribution in [0.3, 0.4) is 0 Å². The highest BCUT2D eigenvalue weighted by molar-refractivity contribution is 5.98. The van der Waals surface area contributed by atoms with Crippen LogP contribution >= 0.6 is 0 Å². The average Bonchev–Trinajstić information content (AvgIpc) is 3.30. The Morgan fingerprint density at radius 2 is 2.13 bits per heavy atom. The summed E-state index contributed by atoms with van der Waals surface area (Å²) in [6, 6.07) is 13.7. The lowest BCUT2D eigenvalue weighted by atomic mass is 9.91. The van der Waals surface area contributed by atoms with Crippen molar-refractivity contribution in [2.75, 3.05) is 25.0 Å². The summed E-state index contributed by atoms with van der Waals surface area (Å²) < 4.78 is 13.5. The van der Waals surface area contributed by atoms with Gasteiger partial charge in [0.1, 0.15) is 23.2 Å². The van der Waals surface area contributed by atoms with Gasteiger partial charge in [0.25, 0.3) is 0 Å². The molecule has 2 aromatic heterocycles. The van der Waals surface area contributed by atoms with Crippen molar-refractivity contribution in [3.05, 3.63) is 89.1 Å². The number of nitrogens with one attached hydrogen (secondary N) is 2. The van der Waals surface area contributed by atoms with Crippen LogP contribution < -0.4 is 16.4 Å². The first-order valence-electron chi connectivity index (χ1n) is 10.1. The van der Waals surface area contributed by atoms with Crippen LogP contribution in [0.15, 0.2) is 65.9 Å². The van der Waals surface area contributed by atoms with Crippen LogP contribution in [0.4, 0.5) is 10.2 Å². The lowest BCUT2D eigenvalue weighted by Gasteiger charge is -2.19. The van der Waals surface area contributed by atoms with Crippen molar-refractivity contribution in [2.45, 2.75) is 12.3 Å². The topological polar surface area (TPSA) is 105 Å². The molecule has 0 saturated carbocycles. The van der Waals surface area contributed by atoms with Gasteiger partial charge in [0.15, 0.2) is 0 Å². The molecule has 0 aliphatic carbocycles. The van der Waals surface area contributed by atoms with E-state index in [1.807, 2.05) is 24.3 Å². The van der Waals surface area contributed by atoms with E-state index >= 15 is 0 Å². The lowest BCUT2D eigenvalue weighted by molar-refractivity contribution is -0.118. The number of primary amides is 1. The summed E-state index contributed by atoms with van der Waals surface area (Å²) in [5.74, 6) is -0.207. The number of amidine groups is 1. The second kappa shape index (κ2) is 9.34. The summed E-state index contributed by atoms with van der Waals surface area (Å²) in [5, 5.41) is 6.51.